The van der Waals surface area contributed by atoms with Gasteiger partial charge in [0.1, 0.15) is 17.4 Å². The van der Waals surface area contributed by atoms with Gasteiger partial charge >= 0.3 is 0 Å². The van der Waals surface area contributed by atoms with Crippen molar-refractivity contribution in [2.75, 3.05) is 4.90 Å². The average molecular weight is 365 g/mol. The van der Waals surface area contributed by atoms with Crippen LogP contribution in [0.4, 0.5) is 14.5 Å². The van der Waals surface area contributed by atoms with Crippen LogP contribution in [0.15, 0.2) is 18.2 Å². The van der Waals surface area contributed by atoms with Crippen LogP contribution < -0.4 is 4.90 Å². The minimum atomic E-state index is -1.31. The van der Waals surface area contributed by atoms with E-state index in [1.807, 2.05) is 0 Å². The minimum absolute atomic E-state index is 0.182. The number of hydrogen-bond donors (Lipinski definition) is 2. The molecule has 0 aromatic heterocycles. The number of nitrogens with zero attached hydrogens (tertiary/aromatic N) is 1. The van der Waals surface area contributed by atoms with Gasteiger partial charge in [0.2, 0.25) is 11.8 Å². The molecule has 0 unspecified atom stereocenters. The SMILES string of the molecule is O=C1C[C@@H](O)[C@@H](O)[C@@H]2[C@H]3C(=O)N(c4ccc(F)cc4F)C(=O)[C@@H]3CC[C@@H]12. The molecule has 1 saturated heterocycles. The van der Waals surface area contributed by atoms with Crippen LogP contribution in [0.1, 0.15) is 19.3 Å². The van der Waals surface area contributed by atoms with Gasteiger partial charge in [-0.25, -0.2) is 13.7 Å². The van der Waals surface area contributed by atoms with Crippen LogP contribution in [-0.2, 0) is 14.4 Å². The van der Waals surface area contributed by atoms with Crippen molar-refractivity contribution in [2.45, 2.75) is 31.5 Å². The van der Waals surface area contributed by atoms with E-state index in [0.717, 1.165) is 12.1 Å². The molecule has 1 aromatic rings. The molecule has 138 valence electrons. The Bertz CT molecular complexity index is 813. The molecule has 2 saturated carbocycles. The number of hydrogen-bond acceptors (Lipinski definition) is 5. The number of benzene rings is 1. The number of carbonyl (C=O) groups excluding carboxylic acids is 3. The molecule has 0 radical (unpaired) electrons. The van der Waals surface area contributed by atoms with Crippen molar-refractivity contribution in [3.05, 3.63) is 29.8 Å². The van der Waals surface area contributed by atoms with Gasteiger partial charge < -0.3 is 10.2 Å². The molecule has 8 heteroatoms. The Balaban J connectivity index is 1.75. The first-order chi connectivity index (χ1) is 12.3. The number of rotatable bonds is 1. The fraction of sp³-hybridized carbons (Fsp3) is 0.500. The van der Waals surface area contributed by atoms with Crippen LogP contribution >= 0.6 is 0 Å². The number of fused-ring (bicyclic) bond motifs is 3. The van der Waals surface area contributed by atoms with E-state index in [0.29, 0.717) is 17.4 Å². The van der Waals surface area contributed by atoms with Crippen molar-refractivity contribution in [2.24, 2.45) is 23.7 Å². The molecule has 2 aliphatic carbocycles. The summed E-state index contributed by atoms with van der Waals surface area (Å²) in [6, 6.07) is 2.56. The third-order valence-electron chi connectivity index (χ3n) is 5.91. The Morgan fingerprint density at radius 3 is 2.38 bits per heavy atom. The maximum absolute atomic E-state index is 14.1. The first-order valence-electron chi connectivity index (χ1n) is 8.53. The summed E-state index contributed by atoms with van der Waals surface area (Å²) < 4.78 is 27.3. The lowest BCUT2D eigenvalue weighted by atomic mass is 9.60. The Labute approximate surface area is 147 Å². The van der Waals surface area contributed by atoms with E-state index in [-0.39, 0.29) is 24.3 Å². The van der Waals surface area contributed by atoms with Crippen LogP contribution in [-0.4, -0.2) is 40.0 Å². The summed E-state index contributed by atoms with van der Waals surface area (Å²) in [5.41, 5.74) is -0.343. The van der Waals surface area contributed by atoms with E-state index in [1.165, 1.54) is 0 Å². The molecule has 1 aromatic carbocycles. The summed E-state index contributed by atoms with van der Waals surface area (Å²) in [4.78, 5) is 38.6. The van der Waals surface area contributed by atoms with Gasteiger partial charge in [-0.2, -0.15) is 0 Å². The number of ketones is 1. The van der Waals surface area contributed by atoms with Gasteiger partial charge in [-0.1, -0.05) is 0 Å². The Morgan fingerprint density at radius 1 is 1.00 bits per heavy atom. The second-order valence-electron chi connectivity index (χ2n) is 7.23. The van der Waals surface area contributed by atoms with Gasteiger partial charge in [0.15, 0.2) is 0 Å². The predicted molar refractivity (Wildman–Crippen MR) is 83.7 cm³/mol. The van der Waals surface area contributed by atoms with Crippen molar-refractivity contribution in [1.29, 1.82) is 0 Å². The molecule has 2 amide bonds. The fourth-order valence-corrected chi connectivity index (χ4v) is 4.75. The molecule has 26 heavy (non-hydrogen) atoms. The van der Waals surface area contributed by atoms with Crippen molar-refractivity contribution < 1.29 is 33.4 Å². The number of amides is 2. The first kappa shape index (κ1) is 17.2. The third-order valence-corrected chi connectivity index (χ3v) is 5.91. The van der Waals surface area contributed by atoms with Gasteiger partial charge in [0, 0.05) is 24.3 Å². The Hall–Kier alpha value is -2.19. The number of halogens is 2. The van der Waals surface area contributed by atoms with E-state index >= 15 is 0 Å². The Kier molecular flexibility index (Phi) is 3.92. The van der Waals surface area contributed by atoms with Gasteiger partial charge in [0.05, 0.1) is 29.7 Å². The summed E-state index contributed by atoms with van der Waals surface area (Å²) in [5, 5.41) is 20.3. The smallest absolute Gasteiger partial charge is 0.238 e. The number of aliphatic hydroxyl groups is 2. The molecule has 3 fully saturated rings. The van der Waals surface area contributed by atoms with Gasteiger partial charge in [-0.05, 0) is 25.0 Å². The monoisotopic (exact) mass is 365 g/mol. The molecular formula is C18H17F2NO5. The summed E-state index contributed by atoms with van der Waals surface area (Å²) >= 11 is 0. The molecule has 0 spiro atoms. The molecule has 1 heterocycles. The lowest BCUT2D eigenvalue weighted by molar-refractivity contribution is -0.155. The molecule has 6 atom stereocenters. The topological polar surface area (TPSA) is 94.9 Å². The standard InChI is InChI=1S/C18H17F2NO5/c19-7-1-4-11(10(20)5-7)21-17(25)9-3-2-8-12(22)6-13(23)16(24)14(8)15(9)18(21)26/h1,4-5,8-9,13-16,23-24H,2-3,6H2/t8-,9+,13+,14-,15-,16+/m0/s1. The van der Waals surface area contributed by atoms with E-state index < -0.39 is 59.3 Å². The highest BCUT2D eigenvalue weighted by molar-refractivity contribution is 6.22. The van der Waals surface area contributed by atoms with Crippen molar-refractivity contribution in [1.82, 2.24) is 0 Å². The second-order valence-corrected chi connectivity index (χ2v) is 7.23. The molecule has 0 bridgehead atoms. The van der Waals surface area contributed by atoms with Gasteiger partial charge in [-0.3, -0.25) is 14.4 Å². The van der Waals surface area contributed by atoms with Crippen LogP contribution in [0.3, 0.4) is 0 Å². The molecule has 1 aliphatic heterocycles. The fourth-order valence-electron chi connectivity index (χ4n) is 4.75. The zero-order valence-corrected chi connectivity index (χ0v) is 13.6. The van der Waals surface area contributed by atoms with Crippen LogP contribution in [0, 0.1) is 35.3 Å². The molecular weight excluding hydrogens is 348 g/mol. The number of aliphatic hydroxyl groups excluding tert-OH is 2. The summed E-state index contributed by atoms with van der Waals surface area (Å²) in [6.07, 6.45) is -2.18. The molecule has 6 nitrogen and oxygen atoms in total. The molecule has 3 aliphatic rings. The predicted octanol–water partition coefficient (Wildman–Crippen LogP) is 0.791. The van der Waals surface area contributed by atoms with E-state index in [4.69, 9.17) is 0 Å². The minimum Gasteiger partial charge on any atom is -0.390 e. The van der Waals surface area contributed by atoms with E-state index in [1.54, 1.807) is 0 Å². The highest BCUT2D eigenvalue weighted by atomic mass is 19.1. The van der Waals surface area contributed by atoms with Crippen LogP contribution in [0.25, 0.3) is 0 Å². The largest absolute Gasteiger partial charge is 0.390 e. The maximum atomic E-state index is 14.1. The summed E-state index contributed by atoms with van der Waals surface area (Å²) in [6.45, 7) is 0. The zero-order valence-electron chi connectivity index (χ0n) is 13.6. The van der Waals surface area contributed by atoms with E-state index in [2.05, 4.69) is 0 Å². The average Bonchev–Trinajstić information content (AvgIpc) is 2.84. The quantitative estimate of drug-likeness (QED) is 0.718. The lowest BCUT2D eigenvalue weighted by Crippen LogP contribution is -2.54. The van der Waals surface area contributed by atoms with Crippen molar-refractivity contribution >= 4 is 23.3 Å². The molecule has 2 N–H and O–H groups in total. The second kappa shape index (κ2) is 5.92. The normalized spacial score (nSPS) is 36.9. The summed E-state index contributed by atoms with van der Waals surface area (Å²) in [7, 11) is 0. The van der Waals surface area contributed by atoms with Crippen molar-refractivity contribution in [3.8, 4) is 0 Å². The summed E-state index contributed by atoms with van der Waals surface area (Å²) in [5.74, 6) is -6.73. The van der Waals surface area contributed by atoms with Crippen LogP contribution in [0.5, 0.6) is 0 Å². The maximum Gasteiger partial charge on any atom is 0.238 e. The lowest BCUT2D eigenvalue weighted by Gasteiger charge is -2.44. The van der Waals surface area contributed by atoms with Gasteiger partial charge in [0.25, 0.3) is 0 Å². The zero-order chi connectivity index (χ0) is 18.7. The number of anilines is 1. The number of imide groups is 1. The molecule has 4 rings (SSSR count). The van der Waals surface area contributed by atoms with E-state index in [9.17, 15) is 33.4 Å². The highest BCUT2D eigenvalue weighted by Gasteiger charge is 2.60. The Morgan fingerprint density at radius 2 is 1.69 bits per heavy atom. The number of Topliss-reactive ketones (excluding diaryl/α,β-unsaturated/α-hetero) is 1. The van der Waals surface area contributed by atoms with Crippen LogP contribution in [0.2, 0.25) is 0 Å². The van der Waals surface area contributed by atoms with Crippen molar-refractivity contribution in [3.63, 3.8) is 0 Å². The first-order valence-corrected chi connectivity index (χ1v) is 8.53. The van der Waals surface area contributed by atoms with Gasteiger partial charge in [-0.15, -0.1) is 0 Å². The third kappa shape index (κ3) is 2.32. The number of carbonyl (C=O) groups is 3. The highest BCUT2D eigenvalue weighted by Crippen LogP contribution is 2.50.